The third kappa shape index (κ3) is 1.82. The molecular weight excluding hydrogens is 220 g/mol. The molecule has 0 aliphatic heterocycles. The van der Waals surface area contributed by atoms with Crippen LogP contribution in [0.25, 0.3) is 10.8 Å². The van der Waals surface area contributed by atoms with Crippen molar-refractivity contribution in [2.75, 3.05) is 11.9 Å². The Balaban J connectivity index is 2.15. The van der Waals surface area contributed by atoms with E-state index in [1.54, 1.807) is 0 Å². The molecule has 0 amide bonds. The first kappa shape index (κ1) is 10.8. The summed E-state index contributed by atoms with van der Waals surface area (Å²) >= 11 is 0. The summed E-state index contributed by atoms with van der Waals surface area (Å²) in [5.41, 5.74) is 1.17. The smallest absolute Gasteiger partial charge is 0.132 e. The summed E-state index contributed by atoms with van der Waals surface area (Å²) < 4.78 is 0. The fourth-order valence-electron chi connectivity index (χ4n) is 2.18. The summed E-state index contributed by atoms with van der Waals surface area (Å²) in [5.74, 6) is 0.953. The van der Waals surface area contributed by atoms with E-state index in [1.165, 1.54) is 16.5 Å². The van der Waals surface area contributed by atoms with Crippen LogP contribution in [-0.4, -0.2) is 12.0 Å². The maximum absolute atomic E-state index is 4.39. The van der Waals surface area contributed by atoms with Crippen molar-refractivity contribution in [1.29, 1.82) is 0 Å². The number of hydrogen-bond acceptors (Lipinski definition) is 2. The van der Waals surface area contributed by atoms with Crippen molar-refractivity contribution < 1.29 is 0 Å². The van der Waals surface area contributed by atoms with Crippen molar-refractivity contribution >= 4 is 22.3 Å². The normalized spacial score (nSPS) is 10.5. The first-order valence-electron chi connectivity index (χ1n) is 5.99. The van der Waals surface area contributed by atoms with Gasteiger partial charge in [0.05, 0.1) is 0 Å². The van der Waals surface area contributed by atoms with Crippen LogP contribution in [0, 0.1) is 0 Å². The van der Waals surface area contributed by atoms with E-state index in [-0.39, 0.29) is 0 Å². The standard InChI is InChI=1S/C16H14N2/c1-18(16-11-4-5-12-17-16)15-10-6-8-13-7-2-3-9-14(13)15/h2-12H,1H3. The van der Waals surface area contributed by atoms with Crippen LogP contribution in [0.15, 0.2) is 66.9 Å². The van der Waals surface area contributed by atoms with Gasteiger partial charge in [0.2, 0.25) is 0 Å². The first-order chi connectivity index (χ1) is 8.86. The molecule has 0 saturated carbocycles. The van der Waals surface area contributed by atoms with Gasteiger partial charge in [-0.2, -0.15) is 0 Å². The zero-order valence-electron chi connectivity index (χ0n) is 10.2. The molecule has 0 N–H and O–H groups in total. The number of benzene rings is 2. The second-order valence-corrected chi connectivity index (χ2v) is 4.25. The predicted octanol–water partition coefficient (Wildman–Crippen LogP) is 4.00. The Bertz CT molecular complexity index is 657. The Labute approximate surface area is 107 Å². The van der Waals surface area contributed by atoms with Gasteiger partial charge < -0.3 is 4.90 Å². The molecule has 0 aliphatic rings. The summed E-state index contributed by atoms with van der Waals surface area (Å²) in [4.78, 5) is 6.50. The second kappa shape index (κ2) is 4.49. The second-order valence-electron chi connectivity index (χ2n) is 4.25. The van der Waals surface area contributed by atoms with E-state index < -0.39 is 0 Å². The molecule has 0 bridgehead atoms. The number of fused-ring (bicyclic) bond motifs is 1. The molecule has 1 heterocycles. The highest BCUT2D eigenvalue weighted by atomic mass is 15.2. The lowest BCUT2D eigenvalue weighted by molar-refractivity contribution is 1.13. The van der Waals surface area contributed by atoms with Crippen molar-refractivity contribution in [2.24, 2.45) is 0 Å². The van der Waals surface area contributed by atoms with Crippen LogP contribution >= 0.6 is 0 Å². The van der Waals surface area contributed by atoms with Gasteiger partial charge in [-0.15, -0.1) is 0 Å². The zero-order chi connectivity index (χ0) is 12.4. The van der Waals surface area contributed by atoms with E-state index in [9.17, 15) is 0 Å². The monoisotopic (exact) mass is 234 g/mol. The molecule has 2 nitrogen and oxygen atoms in total. The van der Waals surface area contributed by atoms with E-state index in [0.717, 1.165) is 5.82 Å². The van der Waals surface area contributed by atoms with Crippen LogP contribution < -0.4 is 4.90 Å². The van der Waals surface area contributed by atoms with Gasteiger partial charge in [0.25, 0.3) is 0 Å². The van der Waals surface area contributed by atoms with E-state index >= 15 is 0 Å². The number of rotatable bonds is 2. The summed E-state index contributed by atoms with van der Waals surface area (Å²) in [6, 6.07) is 20.7. The maximum Gasteiger partial charge on any atom is 0.132 e. The molecule has 1 aromatic heterocycles. The molecule has 0 aliphatic carbocycles. The van der Waals surface area contributed by atoms with Crippen molar-refractivity contribution in [3.05, 3.63) is 66.9 Å². The lowest BCUT2D eigenvalue weighted by Crippen LogP contribution is -2.11. The Kier molecular flexibility index (Phi) is 2.69. The molecule has 3 aromatic rings. The molecule has 18 heavy (non-hydrogen) atoms. The highest BCUT2D eigenvalue weighted by molar-refractivity contribution is 5.95. The fraction of sp³-hybridized carbons (Fsp3) is 0.0625. The topological polar surface area (TPSA) is 16.1 Å². The van der Waals surface area contributed by atoms with E-state index in [0.29, 0.717) is 0 Å². The fourth-order valence-corrected chi connectivity index (χ4v) is 2.18. The van der Waals surface area contributed by atoms with Gasteiger partial charge in [0, 0.05) is 24.3 Å². The van der Waals surface area contributed by atoms with Crippen molar-refractivity contribution in [1.82, 2.24) is 4.98 Å². The number of anilines is 2. The SMILES string of the molecule is CN(c1ccccn1)c1cccc2ccccc12. The molecule has 0 unspecified atom stereocenters. The molecule has 2 aromatic carbocycles. The summed E-state index contributed by atoms with van der Waals surface area (Å²) in [6.45, 7) is 0. The Morgan fingerprint density at radius 3 is 2.44 bits per heavy atom. The minimum atomic E-state index is 0.953. The molecule has 0 fully saturated rings. The number of aromatic nitrogens is 1. The third-order valence-electron chi connectivity index (χ3n) is 3.12. The van der Waals surface area contributed by atoms with Crippen molar-refractivity contribution in [3.63, 3.8) is 0 Å². The zero-order valence-corrected chi connectivity index (χ0v) is 10.2. The Morgan fingerprint density at radius 2 is 1.61 bits per heavy atom. The molecule has 0 saturated heterocycles. The van der Waals surface area contributed by atoms with Gasteiger partial charge in [-0.25, -0.2) is 4.98 Å². The lowest BCUT2D eigenvalue weighted by atomic mass is 10.1. The highest BCUT2D eigenvalue weighted by Crippen LogP contribution is 2.29. The summed E-state index contributed by atoms with van der Waals surface area (Å²) in [5, 5.41) is 2.49. The summed E-state index contributed by atoms with van der Waals surface area (Å²) in [7, 11) is 2.05. The number of pyridine rings is 1. The molecule has 88 valence electrons. The van der Waals surface area contributed by atoms with Gasteiger partial charge in [0.15, 0.2) is 0 Å². The minimum absolute atomic E-state index is 0.953. The van der Waals surface area contributed by atoms with Crippen LogP contribution in [0.3, 0.4) is 0 Å². The number of hydrogen-bond donors (Lipinski definition) is 0. The van der Waals surface area contributed by atoms with Gasteiger partial charge in [-0.1, -0.05) is 42.5 Å². The van der Waals surface area contributed by atoms with E-state index in [1.807, 2.05) is 31.4 Å². The molecule has 3 rings (SSSR count). The highest BCUT2D eigenvalue weighted by Gasteiger charge is 2.07. The van der Waals surface area contributed by atoms with Gasteiger partial charge >= 0.3 is 0 Å². The first-order valence-corrected chi connectivity index (χ1v) is 5.99. The maximum atomic E-state index is 4.39. The lowest BCUT2D eigenvalue weighted by Gasteiger charge is -2.20. The average molecular weight is 234 g/mol. The Morgan fingerprint density at radius 1 is 0.833 bits per heavy atom. The third-order valence-corrected chi connectivity index (χ3v) is 3.12. The van der Waals surface area contributed by atoms with E-state index in [2.05, 4.69) is 52.3 Å². The van der Waals surface area contributed by atoms with Gasteiger partial charge in [-0.3, -0.25) is 0 Å². The predicted molar refractivity (Wildman–Crippen MR) is 76.2 cm³/mol. The van der Waals surface area contributed by atoms with Crippen molar-refractivity contribution in [3.8, 4) is 0 Å². The van der Waals surface area contributed by atoms with Crippen LogP contribution in [0.4, 0.5) is 11.5 Å². The largest absolute Gasteiger partial charge is 0.329 e. The van der Waals surface area contributed by atoms with Crippen LogP contribution in [0.5, 0.6) is 0 Å². The molecule has 0 atom stereocenters. The quantitative estimate of drug-likeness (QED) is 0.666. The molecule has 0 radical (unpaired) electrons. The molecule has 2 heteroatoms. The number of nitrogens with zero attached hydrogens (tertiary/aromatic N) is 2. The van der Waals surface area contributed by atoms with Gasteiger partial charge in [-0.05, 0) is 23.6 Å². The van der Waals surface area contributed by atoms with Gasteiger partial charge in [0.1, 0.15) is 5.82 Å². The van der Waals surface area contributed by atoms with Crippen LogP contribution in [0.2, 0.25) is 0 Å². The van der Waals surface area contributed by atoms with Crippen LogP contribution in [-0.2, 0) is 0 Å². The minimum Gasteiger partial charge on any atom is -0.329 e. The Hall–Kier alpha value is -2.35. The molecule has 0 spiro atoms. The molecular formula is C16H14N2. The van der Waals surface area contributed by atoms with Crippen molar-refractivity contribution in [2.45, 2.75) is 0 Å². The average Bonchev–Trinajstić information content (AvgIpc) is 2.47. The van der Waals surface area contributed by atoms with E-state index in [4.69, 9.17) is 0 Å². The summed E-state index contributed by atoms with van der Waals surface area (Å²) in [6.07, 6.45) is 1.82. The van der Waals surface area contributed by atoms with Crippen LogP contribution in [0.1, 0.15) is 0 Å².